The lowest BCUT2D eigenvalue weighted by Gasteiger charge is -2.35. The van der Waals surface area contributed by atoms with Crippen LogP contribution in [-0.2, 0) is 39.2 Å². The van der Waals surface area contributed by atoms with E-state index in [1.54, 1.807) is 21.3 Å². The number of rotatable bonds is 15. The van der Waals surface area contributed by atoms with Gasteiger partial charge in [-0.05, 0) is 45.8 Å². The molecule has 0 saturated heterocycles. The molecule has 9 nitrogen and oxygen atoms in total. The zero-order valence-electron chi connectivity index (χ0n) is 24.1. The molecule has 15 heteroatoms. The Hall–Kier alpha value is 0.941. The average Bonchev–Trinajstić information content (AvgIpc) is 2.67. The molecule has 0 saturated carbocycles. The second-order valence-electron chi connectivity index (χ2n) is 10.9. The van der Waals surface area contributed by atoms with Gasteiger partial charge in [-0.2, -0.15) is 0 Å². The standard InChI is InChI=1S/C10H28O4Si3.C8H24O5Si3/c1-11-17(12-2,13-3)10-16(7,8)14-9-15(4,5)6;1-9-16(10-2,11-3)13-15(7,8)12-14(4,5)6/h9-10H2,1-8H3;1-8H3. The molecule has 0 fully saturated rings. The van der Waals surface area contributed by atoms with Crippen LogP contribution in [0.15, 0.2) is 0 Å². The molecule has 0 N–H and O–H groups in total. The summed E-state index contributed by atoms with van der Waals surface area (Å²) in [6.45, 7) is 21.7. The molecule has 33 heavy (non-hydrogen) atoms. The van der Waals surface area contributed by atoms with Crippen LogP contribution in [0, 0.1) is 0 Å². The zero-order valence-corrected chi connectivity index (χ0v) is 30.1. The molecule has 0 aromatic heterocycles. The molecule has 0 spiro atoms. The maximum Gasteiger partial charge on any atom is 0.669 e. The van der Waals surface area contributed by atoms with E-state index >= 15 is 0 Å². The normalized spacial score (nSPS) is 14.2. The minimum atomic E-state index is -2.99. The van der Waals surface area contributed by atoms with Gasteiger partial charge in [-0.3, -0.25) is 0 Å². The van der Waals surface area contributed by atoms with Gasteiger partial charge >= 0.3 is 26.4 Å². The quantitative estimate of drug-likeness (QED) is 0.261. The summed E-state index contributed by atoms with van der Waals surface area (Å²) in [5.74, 6) is 0. The Balaban J connectivity index is 0. The predicted octanol–water partition coefficient (Wildman–Crippen LogP) is 4.43. The summed E-state index contributed by atoms with van der Waals surface area (Å²) < 4.78 is 50.1. The van der Waals surface area contributed by atoms with Crippen LogP contribution in [-0.4, -0.2) is 100 Å². The van der Waals surface area contributed by atoms with Gasteiger partial charge < -0.3 is 39.2 Å². The highest BCUT2D eigenvalue weighted by molar-refractivity contribution is 6.86. The Morgan fingerprint density at radius 2 is 0.909 bits per heavy atom. The molecule has 0 aromatic rings. The SMILES string of the molecule is CO[Si](C[Si](C)(C)OC[Si](C)(C)C)(OC)OC.CO[Si](OC)(OC)O[Si](C)(C)O[Si](C)(C)C. The zero-order chi connectivity index (χ0) is 26.8. The second-order valence-corrected chi connectivity index (χ2v) is 35.0. The van der Waals surface area contributed by atoms with E-state index in [0.717, 1.165) is 11.9 Å². The van der Waals surface area contributed by atoms with Gasteiger partial charge in [0.2, 0.25) is 0 Å². The van der Waals surface area contributed by atoms with Crippen molar-refractivity contribution in [3.05, 3.63) is 0 Å². The topological polar surface area (TPSA) is 83.1 Å². The summed E-state index contributed by atoms with van der Waals surface area (Å²) in [6, 6.07) is 0. The van der Waals surface area contributed by atoms with Crippen LogP contribution in [0.2, 0.25) is 71.1 Å². The minimum absolute atomic E-state index is 0.800. The average molecular weight is 581 g/mol. The summed E-state index contributed by atoms with van der Waals surface area (Å²) in [6.07, 6.45) is 0.897. The van der Waals surface area contributed by atoms with Crippen LogP contribution in [0.4, 0.5) is 0 Å². The van der Waals surface area contributed by atoms with Crippen molar-refractivity contribution < 1.29 is 39.2 Å². The second kappa shape index (κ2) is 14.6. The molecule has 0 heterocycles. The molecule has 0 aliphatic heterocycles. The molecule has 0 aliphatic rings. The lowest BCUT2D eigenvalue weighted by molar-refractivity contribution is 0.0412. The fourth-order valence-corrected chi connectivity index (χ4v) is 23.3. The molecule has 0 amide bonds. The van der Waals surface area contributed by atoms with Gasteiger partial charge in [0.1, 0.15) is 0 Å². The lowest BCUT2D eigenvalue weighted by atomic mass is 11.7. The van der Waals surface area contributed by atoms with Crippen LogP contribution in [0.25, 0.3) is 0 Å². The van der Waals surface area contributed by atoms with Crippen molar-refractivity contribution in [1.82, 2.24) is 0 Å². The Labute approximate surface area is 210 Å². The van der Waals surface area contributed by atoms with Gasteiger partial charge in [0.15, 0.2) is 16.6 Å². The van der Waals surface area contributed by atoms with Crippen LogP contribution < -0.4 is 0 Å². The number of hydrogen-bond acceptors (Lipinski definition) is 9. The van der Waals surface area contributed by atoms with Gasteiger partial charge in [0.25, 0.3) is 0 Å². The summed E-state index contributed by atoms with van der Waals surface area (Å²) in [5.41, 5.74) is 0.800. The van der Waals surface area contributed by atoms with Crippen molar-refractivity contribution in [2.75, 3.05) is 48.9 Å². The van der Waals surface area contributed by atoms with Gasteiger partial charge in [-0.15, -0.1) is 0 Å². The maximum atomic E-state index is 6.15. The first-order valence-electron chi connectivity index (χ1n) is 11.0. The van der Waals surface area contributed by atoms with Gasteiger partial charge in [-0.1, -0.05) is 19.6 Å². The first kappa shape index (κ1) is 36.1. The van der Waals surface area contributed by atoms with Crippen LogP contribution in [0.5, 0.6) is 0 Å². The highest BCUT2D eigenvalue weighted by Crippen LogP contribution is 2.24. The maximum absolute atomic E-state index is 6.15. The summed E-state index contributed by atoms with van der Waals surface area (Å²) in [5, 5.41) is 0. The van der Waals surface area contributed by atoms with Crippen molar-refractivity contribution in [1.29, 1.82) is 0 Å². The largest absolute Gasteiger partial charge is 0.669 e. The van der Waals surface area contributed by atoms with E-state index in [1.807, 2.05) is 13.1 Å². The van der Waals surface area contributed by atoms with Crippen LogP contribution in [0.3, 0.4) is 0 Å². The van der Waals surface area contributed by atoms with Crippen LogP contribution >= 0.6 is 0 Å². The fraction of sp³-hybridized carbons (Fsp3) is 1.00. The monoisotopic (exact) mass is 580 g/mol. The molecule has 0 aromatic carbocycles. The predicted molar refractivity (Wildman–Crippen MR) is 148 cm³/mol. The van der Waals surface area contributed by atoms with Crippen molar-refractivity contribution in [2.45, 2.75) is 71.1 Å². The summed E-state index contributed by atoms with van der Waals surface area (Å²) in [7, 11) is -2.83. The Kier molecular flexibility index (Phi) is 16.0. The highest BCUT2D eigenvalue weighted by Gasteiger charge is 2.50. The van der Waals surface area contributed by atoms with E-state index in [1.165, 1.54) is 21.3 Å². The fourth-order valence-electron chi connectivity index (χ4n) is 2.89. The lowest BCUT2D eigenvalue weighted by Crippen LogP contribution is -2.57. The minimum Gasteiger partial charge on any atom is -0.437 e. The van der Waals surface area contributed by atoms with E-state index in [4.69, 9.17) is 39.2 Å². The van der Waals surface area contributed by atoms with Gasteiger partial charge in [0, 0.05) is 54.6 Å². The molecule has 202 valence electrons. The van der Waals surface area contributed by atoms with E-state index in [0.29, 0.717) is 0 Å². The molecular weight excluding hydrogens is 529 g/mol. The smallest absolute Gasteiger partial charge is 0.437 e. The molecule has 0 atom stereocenters. The van der Waals surface area contributed by atoms with Crippen molar-refractivity contribution in [3.63, 3.8) is 0 Å². The first-order valence-corrected chi connectivity index (χ1v) is 27.7. The molecular formula is C18H52O9Si6. The van der Waals surface area contributed by atoms with Crippen molar-refractivity contribution in [3.8, 4) is 0 Å². The Morgan fingerprint density at radius 3 is 1.18 bits per heavy atom. The molecule has 0 unspecified atom stereocenters. The highest BCUT2D eigenvalue weighted by atomic mass is 28.5. The third kappa shape index (κ3) is 16.3. The van der Waals surface area contributed by atoms with E-state index in [2.05, 4.69) is 52.4 Å². The van der Waals surface area contributed by atoms with Crippen LogP contribution in [0.1, 0.15) is 0 Å². The third-order valence-corrected chi connectivity index (χ3v) is 22.3. The van der Waals surface area contributed by atoms with E-state index in [9.17, 15) is 0 Å². The van der Waals surface area contributed by atoms with Gasteiger partial charge in [-0.25, -0.2) is 0 Å². The molecule has 0 bridgehead atoms. The third-order valence-electron chi connectivity index (χ3n) is 4.14. The first-order chi connectivity index (χ1) is 14.7. The molecule has 0 rings (SSSR count). The number of hydrogen-bond donors (Lipinski definition) is 0. The Morgan fingerprint density at radius 1 is 0.515 bits per heavy atom. The Bertz CT molecular complexity index is 514. The summed E-state index contributed by atoms with van der Waals surface area (Å²) in [4.78, 5) is 0. The van der Waals surface area contributed by atoms with Gasteiger partial charge in [0.05, 0.1) is 8.07 Å². The molecule has 0 aliphatic carbocycles. The van der Waals surface area contributed by atoms with Crippen molar-refractivity contribution >= 4 is 51.1 Å². The van der Waals surface area contributed by atoms with E-state index in [-0.39, 0.29) is 0 Å². The summed E-state index contributed by atoms with van der Waals surface area (Å²) >= 11 is 0. The van der Waals surface area contributed by atoms with Crippen molar-refractivity contribution in [2.24, 2.45) is 0 Å². The van der Waals surface area contributed by atoms with E-state index < -0.39 is 51.1 Å². The molecule has 0 radical (unpaired) electrons.